The van der Waals surface area contributed by atoms with Crippen molar-refractivity contribution in [3.8, 4) is 0 Å². The number of aliphatic imine (C=N–C) groups is 1. The molecule has 2 heterocycles. The van der Waals surface area contributed by atoms with E-state index in [0.717, 1.165) is 6.42 Å². The summed E-state index contributed by atoms with van der Waals surface area (Å²) in [6.07, 6.45) is 0.888. The minimum atomic E-state index is -0.654. The molecule has 3 atom stereocenters. The highest BCUT2D eigenvalue weighted by atomic mass is 32.2. The highest BCUT2D eigenvalue weighted by Gasteiger charge is 2.49. The molecule has 2 aliphatic rings. The van der Waals surface area contributed by atoms with E-state index < -0.39 is 5.54 Å². The Morgan fingerprint density at radius 1 is 1.47 bits per heavy atom. The summed E-state index contributed by atoms with van der Waals surface area (Å²) in [5.74, 6) is 0.0316. The number of hydrogen-bond donors (Lipinski definition) is 1. The third kappa shape index (κ3) is 2.05. The van der Waals surface area contributed by atoms with E-state index >= 15 is 0 Å². The smallest absolute Gasteiger partial charge is 0.155 e. The Labute approximate surface area is 116 Å². The Hall–Kier alpha value is -1.07. The fourth-order valence-corrected chi connectivity index (χ4v) is 4.29. The molecule has 2 N–H and O–H groups in total. The lowest BCUT2D eigenvalue weighted by atomic mass is 9.74. The van der Waals surface area contributed by atoms with Gasteiger partial charge in [-0.05, 0) is 12.5 Å². The van der Waals surface area contributed by atoms with Crippen molar-refractivity contribution in [2.24, 2.45) is 16.6 Å². The SMILES string of the molecule is CC1SC(N)=N[C@@]2(c3ccccc3F)COCC[C@@H]12. The average molecular weight is 280 g/mol. The maximum absolute atomic E-state index is 14.2. The Balaban J connectivity index is 2.16. The predicted molar refractivity (Wildman–Crippen MR) is 75.7 cm³/mol. The molecule has 3 rings (SSSR count). The lowest BCUT2D eigenvalue weighted by Gasteiger charge is -2.46. The molecule has 0 saturated carbocycles. The van der Waals surface area contributed by atoms with Crippen LogP contribution in [0.25, 0.3) is 0 Å². The molecule has 1 saturated heterocycles. The number of hydrogen-bond acceptors (Lipinski definition) is 4. The second kappa shape index (κ2) is 4.80. The van der Waals surface area contributed by atoms with E-state index in [9.17, 15) is 4.39 Å². The fourth-order valence-electron chi connectivity index (χ4n) is 3.17. The number of rotatable bonds is 1. The molecule has 1 aromatic rings. The zero-order valence-corrected chi connectivity index (χ0v) is 11.6. The summed E-state index contributed by atoms with van der Waals surface area (Å²) in [6.45, 7) is 3.25. The van der Waals surface area contributed by atoms with Crippen LogP contribution < -0.4 is 5.73 Å². The van der Waals surface area contributed by atoms with Crippen LogP contribution in [0.2, 0.25) is 0 Å². The zero-order valence-electron chi connectivity index (χ0n) is 10.8. The van der Waals surface area contributed by atoms with Crippen LogP contribution in [0.5, 0.6) is 0 Å². The first-order valence-electron chi connectivity index (χ1n) is 6.48. The van der Waals surface area contributed by atoms with Crippen molar-refractivity contribution < 1.29 is 9.13 Å². The van der Waals surface area contributed by atoms with Gasteiger partial charge in [-0.3, -0.25) is 0 Å². The van der Waals surface area contributed by atoms with E-state index in [1.165, 1.54) is 6.07 Å². The lowest BCUT2D eigenvalue weighted by Crippen LogP contribution is -2.50. The number of nitrogens with zero attached hydrogens (tertiary/aromatic N) is 1. The third-order valence-corrected chi connectivity index (χ3v) is 5.07. The molecule has 1 aromatic carbocycles. The Kier molecular flexibility index (Phi) is 3.27. The molecular formula is C14H17FN2OS. The van der Waals surface area contributed by atoms with E-state index in [2.05, 4.69) is 11.9 Å². The van der Waals surface area contributed by atoms with Crippen molar-refractivity contribution in [1.29, 1.82) is 0 Å². The zero-order chi connectivity index (χ0) is 13.5. The Bertz CT molecular complexity index is 522. The van der Waals surface area contributed by atoms with Crippen LogP contribution in [0.15, 0.2) is 29.3 Å². The van der Waals surface area contributed by atoms with Crippen molar-refractivity contribution in [3.63, 3.8) is 0 Å². The van der Waals surface area contributed by atoms with Gasteiger partial charge in [0, 0.05) is 23.3 Å². The second-order valence-electron chi connectivity index (χ2n) is 5.12. The molecule has 1 fully saturated rings. The molecule has 0 bridgehead atoms. The summed E-state index contributed by atoms with van der Waals surface area (Å²) in [7, 11) is 0. The van der Waals surface area contributed by atoms with Gasteiger partial charge in [-0.15, -0.1) is 0 Å². The molecule has 2 aliphatic heterocycles. The molecule has 5 heteroatoms. The average Bonchev–Trinajstić information content (AvgIpc) is 2.38. The highest BCUT2D eigenvalue weighted by Crippen LogP contribution is 2.48. The molecule has 1 unspecified atom stereocenters. The van der Waals surface area contributed by atoms with Gasteiger partial charge >= 0.3 is 0 Å². The maximum atomic E-state index is 14.2. The Morgan fingerprint density at radius 3 is 3.05 bits per heavy atom. The van der Waals surface area contributed by atoms with E-state index in [1.54, 1.807) is 23.9 Å². The summed E-state index contributed by atoms with van der Waals surface area (Å²) < 4.78 is 19.8. The molecule has 0 spiro atoms. The van der Waals surface area contributed by atoms with Crippen molar-refractivity contribution in [2.45, 2.75) is 24.1 Å². The normalized spacial score (nSPS) is 34.5. The molecule has 19 heavy (non-hydrogen) atoms. The van der Waals surface area contributed by atoms with E-state index in [-0.39, 0.29) is 11.7 Å². The number of nitrogens with two attached hydrogens (primary N) is 1. The summed E-state index contributed by atoms with van der Waals surface area (Å²) >= 11 is 1.58. The number of amidine groups is 1. The van der Waals surface area contributed by atoms with Crippen LogP contribution in [0.1, 0.15) is 18.9 Å². The van der Waals surface area contributed by atoms with Gasteiger partial charge in [0.05, 0.1) is 6.61 Å². The lowest BCUT2D eigenvalue weighted by molar-refractivity contribution is -0.00420. The van der Waals surface area contributed by atoms with Gasteiger partial charge in [0.25, 0.3) is 0 Å². The summed E-state index contributed by atoms with van der Waals surface area (Å²) in [5.41, 5.74) is 5.89. The number of benzene rings is 1. The summed E-state index contributed by atoms with van der Waals surface area (Å²) in [5, 5.41) is 0.846. The van der Waals surface area contributed by atoms with Gasteiger partial charge in [-0.25, -0.2) is 9.38 Å². The van der Waals surface area contributed by atoms with Gasteiger partial charge in [0.2, 0.25) is 0 Å². The minimum absolute atomic E-state index is 0.228. The second-order valence-corrected chi connectivity index (χ2v) is 6.52. The highest BCUT2D eigenvalue weighted by molar-refractivity contribution is 8.14. The predicted octanol–water partition coefficient (Wildman–Crippen LogP) is 2.51. The monoisotopic (exact) mass is 280 g/mol. The fraction of sp³-hybridized carbons (Fsp3) is 0.500. The molecule has 0 amide bonds. The minimum Gasteiger partial charge on any atom is -0.379 e. The van der Waals surface area contributed by atoms with Gasteiger partial charge in [0.15, 0.2) is 5.17 Å². The molecule has 3 nitrogen and oxygen atoms in total. The Morgan fingerprint density at radius 2 is 2.26 bits per heavy atom. The van der Waals surface area contributed by atoms with E-state index in [0.29, 0.717) is 29.2 Å². The molecule has 102 valence electrons. The van der Waals surface area contributed by atoms with Gasteiger partial charge in [-0.1, -0.05) is 36.9 Å². The number of halogens is 1. The van der Waals surface area contributed by atoms with Gasteiger partial charge in [-0.2, -0.15) is 0 Å². The van der Waals surface area contributed by atoms with Crippen molar-refractivity contribution >= 4 is 16.9 Å². The molecule has 0 aromatic heterocycles. The number of thioether (sulfide) groups is 1. The largest absolute Gasteiger partial charge is 0.379 e. The molecule has 0 radical (unpaired) electrons. The summed E-state index contributed by atoms with van der Waals surface area (Å²) in [6, 6.07) is 6.82. The van der Waals surface area contributed by atoms with Crippen molar-refractivity contribution in [2.75, 3.05) is 13.2 Å². The van der Waals surface area contributed by atoms with Crippen LogP contribution in [0.4, 0.5) is 4.39 Å². The quantitative estimate of drug-likeness (QED) is 0.860. The van der Waals surface area contributed by atoms with Crippen LogP contribution in [-0.2, 0) is 10.3 Å². The number of ether oxygens (including phenoxy) is 1. The van der Waals surface area contributed by atoms with Gasteiger partial charge in [0.1, 0.15) is 11.4 Å². The summed E-state index contributed by atoms with van der Waals surface area (Å²) in [4.78, 5) is 4.61. The molecule has 0 aliphatic carbocycles. The van der Waals surface area contributed by atoms with Crippen molar-refractivity contribution in [3.05, 3.63) is 35.6 Å². The molecular weight excluding hydrogens is 263 g/mol. The van der Waals surface area contributed by atoms with Crippen LogP contribution in [0.3, 0.4) is 0 Å². The van der Waals surface area contributed by atoms with Crippen LogP contribution >= 0.6 is 11.8 Å². The maximum Gasteiger partial charge on any atom is 0.155 e. The third-order valence-electron chi connectivity index (χ3n) is 4.03. The number of fused-ring (bicyclic) bond motifs is 1. The van der Waals surface area contributed by atoms with Crippen LogP contribution in [0, 0.1) is 11.7 Å². The van der Waals surface area contributed by atoms with E-state index in [1.807, 2.05) is 6.07 Å². The topological polar surface area (TPSA) is 47.6 Å². The first-order chi connectivity index (χ1) is 9.13. The van der Waals surface area contributed by atoms with Crippen LogP contribution in [-0.4, -0.2) is 23.6 Å². The standard InChI is InChI=1S/C14H17FN2OS/c1-9-10-6-7-18-8-14(10,17-13(16)19-9)11-4-2-3-5-12(11)15/h2-5,9-10H,6-8H2,1H3,(H2,16,17)/t9?,10-,14-/m0/s1. The van der Waals surface area contributed by atoms with E-state index in [4.69, 9.17) is 10.5 Å². The first kappa shape index (κ1) is 12.9. The van der Waals surface area contributed by atoms with Gasteiger partial charge < -0.3 is 10.5 Å². The first-order valence-corrected chi connectivity index (χ1v) is 7.36. The van der Waals surface area contributed by atoms with Crippen molar-refractivity contribution in [1.82, 2.24) is 0 Å².